The number of ether oxygens (including phenoxy) is 1. The van der Waals surface area contributed by atoms with Gasteiger partial charge in [0.2, 0.25) is 0 Å². The Kier molecular flexibility index (Phi) is 5.97. The van der Waals surface area contributed by atoms with E-state index in [4.69, 9.17) is 4.74 Å². The van der Waals surface area contributed by atoms with Crippen LogP contribution in [0.15, 0.2) is 71.6 Å². The lowest BCUT2D eigenvalue weighted by molar-refractivity contribution is -0.123. The molecule has 0 saturated carbocycles. The van der Waals surface area contributed by atoms with Gasteiger partial charge in [0.1, 0.15) is 0 Å². The lowest BCUT2D eigenvalue weighted by Gasteiger charge is -2.13. The van der Waals surface area contributed by atoms with Gasteiger partial charge in [-0.2, -0.15) is 5.26 Å². The molecule has 1 heterocycles. The average Bonchev–Trinajstić information content (AvgIpc) is 3.08. The van der Waals surface area contributed by atoms with E-state index in [0.29, 0.717) is 16.0 Å². The van der Waals surface area contributed by atoms with Gasteiger partial charge in [0.05, 0.1) is 30.2 Å². The van der Waals surface area contributed by atoms with E-state index in [9.17, 15) is 20.0 Å². The first-order chi connectivity index (χ1) is 15.5. The molecule has 158 valence electrons. The lowest BCUT2D eigenvalue weighted by atomic mass is 9.99. The second-order valence-electron chi connectivity index (χ2n) is 7.05. The maximum Gasteiger partial charge on any atom is 0.293 e. The van der Waals surface area contributed by atoms with E-state index in [1.165, 1.54) is 18.1 Å². The van der Waals surface area contributed by atoms with Crippen molar-refractivity contribution < 1.29 is 19.4 Å². The van der Waals surface area contributed by atoms with Crippen molar-refractivity contribution in [3.8, 4) is 28.7 Å². The monoisotopic (exact) mass is 442 g/mol. The summed E-state index contributed by atoms with van der Waals surface area (Å²) in [6.45, 7) is 0.154. The van der Waals surface area contributed by atoms with Crippen LogP contribution in [0.3, 0.4) is 0 Å². The number of aromatic hydroxyl groups is 1. The van der Waals surface area contributed by atoms with Crippen molar-refractivity contribution in [1.82, 2.24) is 4.90 Å². The third kappa shape index (κ3) is 4.22. The summed E-state index contributed by atoms with van der Waals surface area (Å²) >= 11 is 0.878. The molecule has 2 amide bonds. The van der Waals surface area contributed by atoms with Crippen molar-refractivity contribution in [2.45, 2.75) is 6.54 Å². The Labute approximate surface area is 189 Å². The molecule has 1 aliphatic rings. The first-order valence-electron chi connectivity index (χ1n) is 9.71. The number of rotatable bonds is 5. The molecule has 0 spiro atoms. The second kappa shape index (κ2) is 9.00. The van der Waals surface area contributed by atoms with Crippen LogP contribution in [0.25, 0.3) is 17.2 Å². The summed E-state index contributed by atoms with van der Waals surface area (Å²) in [6, 6.07) is 21.7. The third-order valence-electron chi connectivity index (χ3n) is 5.03. The van der Waals surface area contributed by atoms with Crippen LogP contribution in [0.5, 0.6) is 11.5 Å². The molecule has 1 aliphatic heterocycles. The lowest BCUT2D eigenvalue weighted by Crippen LogP contribution is -2.27. The fourth-order valence-electron chi connectivity index (χ4n) is 3.38. The minimum absolute atomic E-state index is 0.00130. The van der Waals surface area contributed by atoms with E-state index >= 15 is 0 Å². The Morgan fingerprint density at radius 2 is 1.84 bits per heavy atom. The van der Waals surface area contributed by atoms with Gasteiger partial charge in [0, 0.05) is 0 Å². The smallest absolute Gasteiger partial charge is 0.293 e. The van der Waals surface area contributed by atoms with Gasteiger partial charge in [0.15, 0.2) is 11.5 Å². The molecule has 0 aliphatic carbocycles. The van der Waals surface area contributed by atoms with Crippen LogP contribution in [-0.4, -0.2) is 28.3 Å². The number of carbonyl (C=O) groups is 2. The molecule has 0 radical (unpaired) electrons. The predicted octanol–water partition coefficient (Wildman–Crippen LogP) is 5.18. The number of amides is 2. The normalized spacial score (nSPS) is 14.6. The van der Waals surface area contributed by atoms with Crippen molar-refractivity contribution in [3.63, 3.8) is 0 Å². The van der Waals surface area contributed by atoms with Gasteiger partial charge in [-0.25, -0.2) is 0 Å². The largest absolute Gasteiger partial charge is 0.504 e. The number of thioether (sulfide) groups is 1. The maximum atomic E-state index is 12.8. The molecule has 0 bridgehead atoms. The van der Waals surface area contributed by atoms with Crippen molar-refractivity contribution in [1.29, 1.82) is 5.26 Å². The van der Waals surface area contributed by atoms with Gasteiger partial charge in [-0.15, -0.1) is 0 Å². The van der Waals surface area contributed by atoms with Crippen molar-refractivity contribution >= 4 is 29.0 Å². The zero-order valence-electron chi connectivity index (χ0n) is 17.1. The first kappa shape index (κ1) is 21.2. The molecule has 4 rings (SSSR count). The second-order valence-corrected chi connectivity index (χ2v) is 8.05. The number of hydrogen-bond donors (Lipinski definition) is 1. The molecular weight excluding hydrogens is 424 g/mol. The van der Waals surface area contributed by atoms with Gasteiger partial charge < -0.3 is 9.84 Å². The zero-order valence-corrected chi connectivity index (χ0v) is 17.9. The fourth-order valence-corrected chi connectivity index (χ4v) is 4.21. The number of carbonyl (C=O) groups excluding carboxylic acids is 2. The van der Waals surface area contributed by atoms with E-state index < -0.39 is 0 Å². The first-order valence-corrected chi connectivity index (χ1v) is 10.5. The number of benzene rings is 3. The fraction of sp³-hybridized carbons (Fsp3) is 0.0800. The maximum absolute atomic E-state index is 12.8. The molecule has 3 aromatic carbocycles. The highest BCUT2D eigenvalue weighted by molar-refractivity contribution is 8.18. The Morgan fingerprint density at radius 1 is 1.09 bits per heavy atom. The molecule has 7 heteroatoms. The van der Waals surface area contributed by atoms with Gasteiger partial charge in [0.25, 0.3) is 11.1 Å². The van der Waals surface area contributed by atoms with Gasteiger partial charge in [-0.3, -0.25) is 14.5 Å². The van der Waals surface area contributed by atoms with Crippen molar-refractivity contribution in [2.24, 2.45) is 0 Å². The molecule has 0 atom stereocenters. The molecule has 0 unspecified atom stereocenters. The molecule has 6 nitrogen and oxygen atoms in total. The summed E-state index contributed by atoms with van der Waals surface area (Å²) < 4.78 is 5.09. The quantitative estimate of drug-likeness (QED) is 0.548. The van der Waals surface area contributed by atoms with Crippen molar-refractivity contribution in [2.75, 3.05) is 7.11 Å². The van der Waals surface area contributed by atoms with Crippen LogP contribution in [0.4, 0.5) is 4.79 Å². The highest BCUT2D eigenvalue weighted by Gasteiger charge is 2.35. The van der Waals surface area contributed by atoms with Crippen LogP contribution in [0.2, 0.25) is 0 Å². The molecule has 1 fully saturated rings. The molecule has 1 saturated heterocycles. The number of methoxy groups -OCH3 is 1. The van der Waals surface area contributed by atoms with E-state index in [1.54, 1.807) is 24.3 Å². The summed E-state index contributed by atoms with van der Waals surface area (Å²) in [5.74, 6) is -0.0828. The predicted molar refractivity (Wildman–Crippen MR) is 123 cm³/mol. The van der Waals surface area contributed by atoms with Crippen LogP contribution >= 0.6 is 11.8 Å². The van der Waals surface area contributed by atoms with E-state index in [2.05, 4.69) is 6.07 Å². The van der Waals surface area contributed by atoms with E-state index in [0.717, 1.165) is 28.5 Å². The molecule has 0 aromatic heterocycles. The summed E-state index contributed by atoms with van der Waals surface area (Å²) in [5.41, 5.74) is 3.76. The molecule has 3 aromatic rings. The van der Waals surface area contributed by atoms with Crippen LogP contribution in [0, 0.1) is 11.3 Å². The van der Waals surface area contributed by atoms with E-state index in [1.807, 2.05) is 42.5 Å². The van der Waals surface area contributed by atoms with Gasteiger partial charge >= 0.3 is 0 Å². The number of imide groups is 1. The summed E-state index contributed by atoms with van der Waals surface area (Å²) in [5, 5.41) is 18.7. The van der Waals surface area contributed by atoms with Crippen molar-refractivity contribution in [3.05, 3.63) is 88.3 Å². The Balaban J connectivity index is 1.52. The molecule has 32 heavy (non-hydrogen) atoms. The Hall–Kier alpha value is -4.02. The number of hydrogen-bond acceptors (Lipinski definition) is 6. The van der Waals surface area contributed by atoms with Gasteiger partial charge in [-0.1, -0.05) is 48.5 Å². The molecule has 1 N–H and O–H groups in total. The SMILES string of the molecule is COc1cc(/C=C2\SC(=O)N(Cc3ccc(-c4ccccc4C#N)cc3)C2=O)ccc1O. The minimum atomic E-state index is -0.369. The van der Waals surface area contributed by atoms with Crippen LogP contribution < -0.4 is 4.74 Å². The minimum Gasteiger partial charge on any atom is -0.504 e. The zero-order chi connectivity index (χ0) is 22.7. The molecular formula is C25H18N2O4S. The van der Waals surface area contributed by atoms with Crippen LogP contribution in [-0.2, 0) is 11.3 Å². The number of phenols is 1. The number of nitrogens with zero attached hydrogens (tertiary/aromatic N) is 2. The van der Waals surface area contributed by atoms with Gasteiger partial charge in [-0.05, 0) is 58.3 Å². The van der Waals surface area contributed by atoms with E-state index in [-0.39, 0.29) is 29.2 Å². The Bertz CT molecular complexity index is 1280. The number of phenolic OH excluding ortho intramolecular Hbond substituents is 1. The third-order valence-corrected chi connectivity index (χ3v) is 5.94. The summed E-state index contributed by atoms with van der Waals surface area (Å²) in [4.78, 5) is 26.8. The summed E-state index contributed by atoms with van der Waals surface area (Å²) in [7, 11) is 1.44. The summed E-state index contributed by atoms with van der Waals surface area (Å²) in [6.07, 6.45) is 1.61. The highest BCUT2D eigenvalue weighted by atomic mass is 32.2. The van der Waals surface area contributed by atoms with Crippen LogP contribution in [0.1, 0.15) is 16.7 Å². The number of nitriles is 1. The standard InChI is InChI=1S/C25H18N2O4S/c1-31-22-12-17(8-11-21(22)28)13-23-24(29)27(25(30)32-23)15-16-6-9-18(10-7-16)20-5-3-2-4-19(20)14-26/h2-13,28H,15H2,1H3/b23-13-. The topological polar surface area (TPSA) is 90.6 Å². The Morgan fingerprint density at radius 3 is 2.56 bits per heavy atom. The average molecular weight is 442 g/mol. The highest BCUT2D eigenvalue weighted by Crippen LogP contribution is 2.35.